The molecule has 134 valence electrons. The van der Waals surface area contributed by atoms with E-state index < -0.39 is 5.97 Å². The van der Waals surface area contributed by atoms with Gasteiger partial charge in [0.1, 0.15) is 18.9 Å². The molecule has 2 aliphatic rings. The first-order valence-electron chi connectivity index (χ1n) is 7.94. The lowest BCUT2D eigenvalue weighted by molar-refractivity contribution is -0.136. The number of carbonyl (C=O) groups excluding carboxylic acids is 2. The van der Waals surface area contributed by atoms with Gasteiger partial charge in [-0.3, -0.25) is 4.79 Å². The number of nitrogens with zero attached hydrogens (tertiary/aromatic N) is 1. The molecule has 8 nitrogen and oxygen atoms in total. The molecule has 0 aromatic heterocycles. The van der Waals surface area contributed by atoms with E-state index in [4.69, 9.17) is 19.3 Å². The van der Waals surface area contributed by atoms with Gasteiger partial charge < -0.3 is 29.5 Å². The molecule has 8 heteroatoms. The van der Waals surface area contributed by atoms with Gasteiger partial charge in [-0.25, -0.2) is 4.79 Å². The normalized spacial score (nSPS) is 16.3. The third kappa shape index (κ3) is 3.25. The van der Waals surface area contributed by atoms with Crippen LogP contribution in [-0.4, -0.2) is 61.9 Å². The molecule has 0 fully saturated rings. The Morgan fingerprint density at radius 2 is 2.00 bits per heavy atom. The number of hydrogen-bond donors (Lipinski definition) is 2. The molecule has 0 saturated carbocycles. The van der Waals surface area contributed by atoms with Gasteiger partial charge in [-0.2, -0.15) is 0 Å². The number of carbonyl (C=O) groups is 2. The molecule has 0 unspecified atom stereocenters. The predicted octanol–water partition coefficient (Wildman–Crippen LogP) is 0.440. The summed E-state index contributed by atoms with van der Waals surface area (Å²) in [5.74, 6) is 0.295. The van der Waals surface area contributed by atoms with E-state index in [1.54, 1.807) is 6.07 Å². The van der Waals surface area contributed by atoms with E-state index in [9.17, 15) is 9.59 Å². The summed E-state index contributed by atoms with van der Waals surface area (Å²) in [6.45, 7) is 2.86. The van der Waals surface area contributed by atoms with Crippen LogP contribution in [0.1, 0.15) is 5.56 Å². The lowest BCUT2D eigenvalue weighted by Gasteiger charge is -2.21. The van der Waals surface area contributed by atoms with E-state index in [0.717, 1.165) is 5.56 Å². The molecule has 0 bridgehead atoms. The minimum Gasteiger partial charge on any atom is -0.486 e. The highest BCUT2D eigenvalue weighted by Gasteiger charge is 2.34. The fourth-order valence-corrected chi connectivity index (χ4v) is 2.81. The van der Waals surface area contributed by atoms with Crippen LogP contribution < -0.4 is 14.8 Å². The van der Waals surface area contributed by atoms with Gasteiger partial charge in [0.2, 0.25) is 0 Å². The molecular formula is C17H20N2O6. The number of aliphatic hydroxyl groups is 1. The molecule has 1 aromatic carbocycles. The molecule has 2 N–H and O–H groups in total. The van der Waals surface area contributed by atoms with Crippen molar-refractivity contribution in [1.82, 2.24) is 4.90 Å². The number of aliphatic hydroxyl groups excluding tert-OH is 1. The van der Waals surface area contributed by atoms with Crippen LogP contribution in [0.3, 0.4) is 0 Å². The number of aryl methyl sites for hydroxylation is 1. The Bertz CT molecular complexity index is 743. The van der Waals surface area contributed by atoms with Crippen LogP contribution in [0, 0.1) is 6.92 Å². The Balaban J connectivity index is 1.93. The van der Waals surface area contributed by atoms with Crippen LogP contribution in [0.5, 0.6) is 11.5 Å². The summed E-state index contributed by atoms with van der Waals surface area (Å²) < 4.78 is 15.9. The summed E-state index contributed by atoms with van der Waals surface area (Å²) >= 11 is 0. The number of amides is 1. The van der Waals surface area contributed by atoms with Gasteiger partial charge in [-0.1, -0.05) is 0 Å². The summed E-state index contributed by atoms with van der Waals surface area (Å²) in [4.78, 5) is 26.0. The third-order valence-corrected chi connectivity index (χ3v) is 4.10. The maximum absolute atomic E-state index is 12.6. The summed E-state index contributed by atoms with van der Waals surface area (Å²) in [7, 11) is 1.27. The summed E-state index contributed by atoms with van der Waals surface area (Å²) in [6, 6.07) is 3.56. The summed E-state index contributed by atoms with van der Waals surface area (Å²) in [6.07, 6.45) is 0. The third-order valence-electron chi connectivity index (χ3n) is 4.10. The van der Waals surface area contributed by atoms with E-state index in [-0.39, 0.29) is 36.9 Å². The zero-order chi connectivity index (χ0) is 18.0. The van der Waals surface area contributed by atoms with E-state index in [1.807, 2.05) is 13.0 Å². The second-order valence-corrected chi connectivity index (χ2v) is 5.73. The van der Waals surface area contributed by atoms with Crippen LogP contribution in [0.15, 0.2) is 23.4 Å². The molecule has 3 rings (SSSR count). The van der Waals surface area contributed by atoms with Gasteiger partial charge >= 0.3 is 5.97 Å². The number of benzene rings is 1. The molecular weight excluding hydrogens is 328 g/mol. The van der Waals surface area contributed by atoms with Gasteiger partial charge in [0.15, 0.2) is 11.5 Å². The molecule has 0 atom stereocenters. The Labute approximate surface area is 145 Å². The summed E-state index contributed by atoms with van der Waals surface area (Å²) in [5.41, 5.74) is 1.87. The Kier molecular flexibility index (Phi) is 4.80. The van der Waals surface area contributed by atoms with E-state index >= 15 is 0 Å². The molecule has 1 aromatic rings. The summed E-state index contributed by atoms with van der Waals surface area (Å²) in [5, 5.41) is 12.1. The van der Waals surface area contributed by atoms with E-state index in [0.29, 0.717) is 30.4 Å². The average Bonchev–Trinajstić information content (AvgIpc) is 2.91. The number of hydrogen-bond acceptors (Lipinski definition) is 7. The number of ether oxygens (including phenoxy) is 3. The lowest BCUT2D eigenvalue weighted by atomic mass is 10.1. The molecule has 0 saturated heterocycles. The topological polar surface area (TPSA) is 97.3 Å². The number of rotatable bonds is 5. The smallest absolute Gasteiger partial charge is 0.337 e. The largest absolute Gasteiger partial charge is 0.486 e. The number of esters is 1. The highest BCUT2D eigenvalue weighted by molar-refractivity contribution is 6.08. The molecule has 2 aliphatic heterocycles. The molecule has 25 heavy (non-hydrogen) atoms. The second-order valence-electron chi connectivity index (χ2n) is 5.73. The van der Waals surface area contributed by atoms with Gasteiger partial charge in [0.05, 0.1) is 25.8 Å². The van der Waals surface area contributed by atoms with Crippen molar-refractivity contribution in [3.05, 3.63) is 29.0 Å². The number of fused-ring (bicyclic) bond motifs is 1. The van der Waals surface area contributed by atoms with Gasteiger partial charge in [0, 0.05) is 18.3 Å². The van der Waals surface area contributed by atoms with Crippen LogP contribution in [-0.2, 0) is 14.3 Å². The van der Waals surface area contributed by atoms with Crippen molar-refractivity contribution >= 4 is 17.6 Å². The van der Waals surface area contributed by atoms with Gasteiger partial charge in [0.25, 0.3) is 5.91 Å². The fourth-order valence-electron chi connectivity index (χ4n) is 2.81. The monoisotopic (exact) mass is 348 g/mol. The van der Waals surface area contributed by atoms with E-state index in [2.05, 4.69) is 5.32 Å². The fraction of sp³-hybridized carbons (Fsp3) is 0.412. The molecule has 2 heterocycles. The Morgan fingerprint density at radius 1 is 1.32 bits per heavy atom. The van der Waals surface area contributed by atoms with Crippen LogP contribution in [0.25, 0.3) is 0 Å². The Morgan fingerprint density at radius 3 is 2.64 bits per heavy atom. The highest BCUT2D eigenvalue weighted by Crippen LogP contribution is 2.36. The first-order valence-corrected chi connectivity index (χ1v) is 7.94. The number of methoxy groups -OCH3 is 1. The van der Waals surface area contributed by atoms with Crippen LogP contribution >= 0.6 is 0 Å². The molecule has 1 amide bonds. The quantitative estimate of drug-likeness (QED) is 0.745. The number of anilines is 1. The van der Waals surface area contributed by atoms with Gasteiger partial charge in [-0.15, -0.1) is 0 Å². The van der Waals surface area contributed by atoms with Crippen molar-refractivity contribution in [2.75, 3.05) is 45.3 Å². The molecule has 0 radical (unpaired) electrons. The van der Waals surface area contributed by atoms with Crippen molar-refractivity contribution in [3.8, 4) is 11.5 Å². The standard InChI is InChI=1S/C17H20N2O6/c1-10-7-13-14(25-6-5-24-13)8-12(10)18-15-11(17(22)23-2)9-19(3-4-20)16(15)21/h7-8,18,20H,3-6,9H2,1-2H3. The zero-order valence-electron chi connectivity index (χ0n) is 14.1. The zero-order valence-corrected chi connectivity index (χ0v) is 14.1. The number of β-amino-alcohol motifs (C(OH)–C–C–N with tert-alkyl or cyclic N) is 1. The second kappa shape index (κ2) is 7.02. The molecule has 0 spiro atoms. The maximum atomic E-state index is 12.6. The predicted molar refractivity (Wildman–Crippen MR) is 88.5 cm³/mol. The Hall–Kier alpha value is -2.74. The van der Waals surface area contributed by atoms with Crippen molar-refractivity contribution in [2.45, 2.75) is 6.92 Å². The number of nitrogens with one attached hydrogen (secondary N) is 1. The van der Waals surface area contributed by atoms with Crippen LogP contribution in [0.4, 0.5) is 5.69 Å². The average molecular weight is 348 g/mol. The minimum absolute atomic E-state index is 0.0952. The minimum atomic E-state index is -0.577. The van der Waals surface area contributed by atoms with Crippen molar-refractivity contribution in [2.24, 2.45) is 0 Å². The maximum Gasteiger partial charge on any atom is 0.337 e. The lowest BCUT2D eigenvalue weighted by Crippen LogP contribution is -2.31. The van der Waals surface area contributed by atoms with Crippen LogP contribution in [0.2, 0.25) is 0 Å². The first kappa shape index (κ1) is 17.1. The van der Waals surface area contributed by atoms with Crippen molar-refractivity contribution in [3.63, 3.8) is 0 Å². The van der Waals surface area contributed by atoms with Crippen molar-refractivity contribution < 1.29 is 28.9 Å². The van der Waals surface area contributed by atoms with Crippen molar-refractivity contribution in [1.29, 1.82) is 0 Å². The molecule has 0 aliphatic carbocycles. The van der Waals surface area contributed by atoms with E-state index in [1.165, 1.54) is 12.0 Å². The van der Waals surface area contributed by atoms with Gasteiger partial charge in [-0.05, 0) is 18.6 Å². The highest BCUT2D eigenvalue weighted by atomic mass is 16.6. The first-order chi connectivity index (χ1) is 12.0. The SMILES string of the molecule is COC(=O)C1=C(Nc2cc3c(cc2C)OCCO3)C(=O)N(CCO)C1.